The van der Waals surface area contributed by atoms with E-state index in [4.69, 9.17) is 19.7 Å². The average molecular weight is 800 g/mol. The summed E-state index contributed by atoms with van der Waals surface area (Å²) < 4.78 is 10.9. The molecule has 3 unspecified atom stereocenters. The number of rotatable bonds is 37. The van der Waals surface area contributed by atoms with Crippen molar-refractivity contribution in [2.45, 2.75) is 214 Å². The van der Waals surface area contributed by atoms with E-state index in [1.54, 1.807) is 6.92 Å². The van der Waals surface area contributed by atoms with Crippen LogP contribution >= 0.6 is 0 Å². The van der Waals surface area contributed by atoms with Gasteiger partial charge in [0.2, 0.25) is 0 Å². The van der Waals surface area contributed by atoms with Gasteiger partial charge >= 0.3 is 29.8 Å². The number of esters is 2. The molecule has 0 radical (unpaired) electrons. The number of ether oxygens (including phenoxy) is 2. The van der Waals surface area contributed by atoms with Crippen LogP contribution in [0.25, 0.3) is 0 Å². The number of carbonyl (C=O) groups is 5. The molecule has 0 aromatic heterocycles. The molecule has 3 N–H and O–H groups in total. The van der Waals surface area contributed by atoms with Crippen molar-refractivity contribution in [3.63, 3.8) is 0 Å². The van der Waals surface area contributed by atoms with Crippen molar-refractivity contribution in [2.75, 3.05) is 27.2 Å². The summed E-state index contributed by atoms with van der Waals surface area (Å²) in [7, 11) is 3.93. The Morgan fingerprint density at radius 3 is 1.41 bits per heavy atom. The first-order valence-corrected chi connectivity index (χ1v) is 22.3. The van der Waals surface area contributed by atoms with Gasteiger partial charge in [-0.3, -0.25) is 24.0 Å². The molecule has 0 spiro atoms. The summed E-state index contributed by atoms with van der Waals surface area (Å²) in [6, 6.07) is 0. The van der Waals surface area contributed by atoms with E-state index in [2.05, 4.69) is 27.7 Å². The molecule has 330 valence electrons. The van der Waals surface area contributed by atoms with Crippen LogP contribution in [0.4, 0.5) is 0 Å². The monoisotopic (exact) mass is 800 g/mol. The fraction of sp³-hybridized carbons (Fsp3) is 0.889. The smallest absolute Gasteiger partial charge is 0.309 e. The molecule has 0 saturated heterocycles. The quantitative estimate of drug-likeness (QED) is 0.0404. The van der Waals surface area contributed by atoms with Crippen LogP contribution in [0.2, 0.25) is 0 Å². The van der Waals surface area contributed by atoms with Gasteiger partial charge in [-0.2, -0.15) is 0 Å². The Bertz CT molecular complexity index is 975. The molecule has 0 aliphatic heterocycles. The van der Waals surface area contributed by atoms with Crippen LogP contribution in [0.5, 0.6) is 0 Å². The Balaban J connectivity index is 0. The topological polar surface area (TPSA) is 168 Å². The number of carboxylic acids is 3. The minimum absolute atomic E-state index is 0.0238. The fourth-order valence-corrected chi connectivity index (χ4v) is 7.34. The van der Waals surface area contributed by atoms with E-state index < -0.39 is 29.4 Å². The Hall–Kier alpha value is -2.69. The normalized spacial score (nSPS) is 13.9. The molecule has 0 saturated carbocycles. The molecular formula is C45H85NO10. The summed E-state index contributed by atoms with van der Waals surface area (Å²) in [5.41, 5.74) is -0.817. The number of hydrogen-bond donors (Lipinski definition) is 3. The SMILES string of the molecule is CCCCCCC(CCCC)CC(CCCC(=O)OCC(C)OC(=O)CCCN(C)C)(CC(CCCC)CCCCCC)C(=O)O.O=C(O)CCCCC(=O)O. The maximum atomic E-state index is 13.3. The van der Waals surface area contributed by atoms with Gasteiger partial charge in [-0.05, 0) is 84.3 Å². The lowest BCUT2D eigenvalue weighted by molar-refractivity contribution is -0.158. The first-order valence-electron chi connectivity index (χ1n) is 22.3. The van der Waals surface area contributed by atoms with E-state index in [0.717, 1.165) is 64.3 Å². The van der Waals surface area contributed by atoms with Gasteiger partial charge in [-0.25, -0.2) is 0 Å². The number of carboxylic acid groups (broad SMARTS) is 3. The lowest BCUT2D eigenvalue weighted by atomic mass is 9.67. The fourth-order valence-electron chi connectivity index (χ4n) is 7.34. The highest BCUT2D eigenvalue weighted by molar-refractivity contribution is 5.75. The molecule has 0 rings (SSSR count). The Morgan fingerprint density at radius 2 is 1.00 bits per heavy atom. The molecule has 0 aromatic rings. The molecule has 0 bridgehead atoms. The number of hydrogen-bond acceptors (Lipinski definition) is 8. The molecule has 0 fully saturated rings. The van der Waals surface area contributed by atoms with E-state index >= 15 is 0 Å². The third-order valence-corrected chi connectivity index (χ3v) is 10.5. The van der Waals surface area contributed by atoms with Gasteiger partial charge in [-0.1, -0.05) is 130 Å². The second-order valence-electron chi connectivity index (χ2n) is 16.4. The second kappa shape index (κ2) is 36.6. The summed E-state index contributed by atoms with van der Waals surface area (Å²) in [6.45, 7) is 11.5. The molecule has 11 nitrogen and oxygen atoms in total. The van der Waals surface area contributed by atoms with E-state index in [0.29, 0.717) is 56.8 Å². The number of carbonyl (C=O) groups excluding carboxylic acids is 2. The summed E-state index contributed by atoms with van der Waals surface area (Å²) in [5.74, 6) is -2.24. The van der Waals surface area contributed by atoms with Crippen molar-refractivity contribution >= 4 is 29.8 Å². The van der Waals surface area contributed by atoms with Crippen LogP contribution in [0.3, 0.4) is 0 Å². The zero-order chi connectivity index (χ0) is 42.6. The molecule has 0 heterocycles. The zero-order valence-electron chi connectivity index (χ0n) is 36.9. The summed E-state index contributed by atoms with van der Waals surface area (Å²) in [5, 5.41) is 27.2. The second-order valence-corrected chi connectivity index (χ2v) is 16.4. The Labute approximate surface area is 341 Å². The molecule has 11 heteroatoms. The lowest BCUT2D eigenvalue weighted by Crippen LogP contribution is -2.36. The predicted octanol–water partition coefficient (Wildman–Crippen LogP) is 11.1. The maximum Gasteiger partial charge on any atom is 0.309 e. The number of nitrogens with zero attached hydrogens (tertiary/aromatic N) is 1. The van der Waals surface area contributed by atoms with Crippen molar-refractivity contribution in [1.29, 1.82) is 0 Å². The first-order chi connectivity index (χ1) is 26.7. The van der Waals surface area contributed by atoms with E-state index in [1.807, 2.05) is 19.0 Å². The van der Waals surface area contributed by atoms with E-state index in [-0.39, 0.29) is 37.8 Å². The molecule has 0 aliphatic carbocycles. The van der Waals surface area contributed by atoms with Gasteiger partial charge in [0.05, 0.1) is 5.41 Å². The zero-order valence-corrected chi connectivity index (χ0v) is 36.9. The van der Waals surface area contributed by atoms with Gasteiger partial charge in [-0.15, -0.1) is 0 Å². The van der Waals surface area contributed by atoms with Gasteiger partial charge in [0.1, 0.15) is 12.7 Å². The third kappa shape index (κ3) is 33.4. The lowest BCUT2D eigenvalue weighted by Gasteiger charge is -2.37. The van der Waals surface area contributed by atoms with Crippen molar-refractivity contribution in [2.24, 2.45) is 17.3 Å². The van der Waals surface area contributed by atoms with Gasteiger partial charge in [0.25, 0.3) is 0 Å². The minimum Gasteiger partial charge on any atom is -0.481 e. The molecule has 0 aromatic carbocycles. The highest BCUT2D eigenvalue weighted by Crippen LogP contribution is 2.44. The van der Waals surface area contributed by atoms with Crippen LogP contribution in [0.1, 0.15) is 208 Å². The largest absolute Gasteiger partial charge is 0.481 e. The molecule has 0 aliphatic rings. The van der Waals surface area contributed by atoms with Crippen molar-refractivity contribution in [1.82, 2.24) is 4.90 Å². The summed E-state index contributed by atoms with van der Waals surface area (Å²) in [6.07, 6.45) is 22.7. The van der Waals surface area contributed by atoms with Gasteiger partial charge in [0.15, 0.2) is 0 Å². The van der Waals surface area contributed by atoms with Crippen LogP contribution < -0.4 is 0 Å². The van der Waals surface area contributed by atoms with Crippen molar-refractivity contribution < 1.29 is 48.8 Å². The number of unbranched alkanes of at least 4 members (excludes halogenated alkanes) is 9. The maximum absolute atomic E-state index is 13.3. The van der Waals surface area contributed by atoms with Crippen LogP contribution in [-0.4, -0.2) is 83.4 Å². The highest BCUT2D eigenvalue weighted by atomic mass is 16.6. The minimum atomic E-state index is -0.870. The first kappa shape index (κ1) is 55.4. The van der Waals surface area contributed by atoms with Crippen molar-refractivity contribution in [3.05, 3.63) is 0 Å². The highest BCUT2D eigenvalue weighted by Gasteiger charge is 2.41. The Morgan fingerprint density at radius 1 is 0.554 bits per heavy atom. The van der Waals surface area contributed by atoms with Crippen LogP contribution in [0, 0.1) is 17.3 Å². The Kier molecular flexibility index (Phi) is 36.3. The average Bonchev–Trinajstić information content (AvgIpc) is 3.13. The van der Waals surface area contributed by atoms with Gasteiger partial charge in [0, 0.05) is 25.7 Å². The molecule has 3 atom stereocenters. The van der Waals surface area contributed by atoms with E-state index in [1.165, 1.54) is 51.4 Å². The van der Waals surface area contributed by atoms with E-state index in [9.17, 15) is 29.1 Å². The summed E-state index contributed by atoms with van der Waals surface area (Å²) >= 11 is 0. The number of aliphatic carboxylic acids is 3. The van der Waals surface area contributed by atoms with Crippen molar-refractivity contribution in [3.8, 4) is 0 Å². The standard InChI is InChI=1S/C39H75NO6.C6H10O4/c1-8-12-16-18-24-34(22-14-10-3)30-39(38(43)44,31-35(23-15-11-4)25-19-17-13-9-2)28-20-26-36(41)45-32-33(5)46-37(42)27-21-29-40(6)7;7-5(8)3-1-2-4-6(9)10/h33-35H,8-32H2,1-7H3,(H,43,44);1-4H2,(H,7,8)(H,9,10). The molecule has 0 amide bonds. The van der Waals surface area contributed by atoms with Gasteiger partial charge < -0.3 is 29.7 Å². The van der Waals surface area contributed by atoms with Crippen LogP contribution in [0.15, 0.2) is 0 Å². The van der Waals surface area contributed by atoms with Crippen LogP contribution in [-0.2, 0) is 33.4 Å². The molecular weight excluding hydrogens is 714 g/mol. The summed E-state index contributed by atoms with van der Waals surface area (Å²) in [4.78, 5) is 60.0. The third-order valence-electron chi connectivity index (χ3n) is 10.5. The molecule has 56 heavy (non-hydrogen) atoms. The predicted molar refractivity (Wildman–Crippen MR) is 225 cm³/mol.